The van der Waals surface area contributed by atoms with Crippen molar-refractivity contribution in [1.82, 2.24) is 5.43 Å². The van der Waals surface area contributed by atoms with Gasteiger partial charge in [0.2, 0.25) is 0 Å². The van der Waals surface area contributed by atoms with Crippen LogP contribution in [0.4, 0.5) is 11.4 Å². The summed E-state index contributed by atoms with van der Waals surface area (Å²) in [6, 6.07) is 14.9. The average Bonchev–Trinajstić information content (AvgIpc) is 2.57. The maximum atomic E-state index is 12.0. The Labute approximate surface area is 136 Å². The van der Waals surface area contributed by atoms with Crippen LogP contribution in [0.3, 0.4) is 0 Å². The zero-order valence-corrected chi connectivity index (χ0v) is 13.5. The Balaban J connectivity index is 1.98. The van der Waals surface area contributed by atoms with Crippen molar-refractivity contribution in [2.45, 2.75) is 13.8 Å². The van der Waals surface area contributed by atoms with E-state index in [0.29, 0.717) is 11.3 Å². The molecule has 0 bridgehead atoms. The van der Waals surface area contributed by atoms with Gasteiger partial charge < -0.3 is 10.6 Å². The van der Waals surface area contributed by atoms with Crippen molar-refractivity contribution in [2.75, 3.05) is 23.7 Å². The van der Waals surface area contributed by atoms with Gasteiger partial charge in [0.15, 0.2) is 0 Å². The van der Waals surface area contributed by atoms with Crippen LogP contribution in [0, 0.1) is 0 Å². The van der Waals surface area contributed by atoms with E-state index in [-0.39, 0.29) is 5.91 Å². The maximum Gasteiger partial charge on any atom is 0.273 e. The highest BCUT2D eigenvalue weighted by Gasteiger charge is 2.07. The Bertz CT molecular complexity index is 676. The van der Waals surface area contributed by atoms with Crippen LogP contribution in [0.5, 0.6) is 0 Å². The lowest BCUT2D eigenvalue weighted by atomic mass is 10.2. The van der Waals surface area contributed by atoms with E-state index in [1.165, 1.54) is 5.69 Å². The van der Waals surface area contributed by atoms with Crippen LogP contribution >= 0.6 is 0 Å². The fourth-order valence-corrected chi connectivity index (χ4v) is 2.29. The Kier molecular flexibility index (Phi) is 5.74. The summed E-state index contributed by atoms with van der Waals surface area (Å²) in [5.41, 5.74) is 11.2. The largest absolute Gasteiger partial charge is 0.398 e. The van der Waals surface area contributed by atoms with Gasteiger partial charge in [-0.25, -0.2) is 5.43 Å². The highest BCUT2D eigenvalue weighted by molar-refractivity contribution is 5.99. The first-order valence-corrected chi connectivity index (χ1v) is 7.68. The van der Waals surface area contributed by atoms with Gasteiger partial charge in [-0.3, -0.25) is 4.79 Å². The molecule has 2 aromatic rings. The normalized spacial score (nSPS) is 10.7. The topological polar surface area (TPSA) is 70.7 Å². The molecule has 0 atom stereocenters. The van der Waals surface area contributed by atoms with Crippen LogP contribution in [0.2, 0.25) is 0 Å². The third-order valence-corrected chi connectivity index (χ3v) is 3.61. The number of carbonyl (C=O) groups excluding carboxylic acids is 1. The second kappa shape index (κ2) is 7.98. The summed E-state index contributed by atoms with van der Waals surface area (Å²) in [6.45, 7) is 6.20. The number of anilines is 2. The molecule has 1 amide bonds. The van der Waals surface area contributed by atoms with Gasteiger partial charge in [-0.2, -0.15) is 5.10 Å². The molecule has 5 heteroatoms. The highest BCUT2D eigenvalue weighted by Crippen LogP contribution is 2.14. The van der Waals surface area contributed by atoms with Gasteiger partial charge >= 0.3 is 0 Å². The Morgan fingerprint density at radius 2 is 1.78 bits per heavy atom. The number of carbonyl (C=O) groups is 1. The summed E-state index contributed by atoms with van der Waals surface area (Å²) in [5.74, 6) is -0.320. The van der Waals surface area contributed by atoms with E-state index in [0.717, 1.165) is 18.7 Å². The first-order valence-electron chi connectivity index (χ1n) is 7.68. The molecule has 0 saturated heterocycles. The first-order chi connectivity index (χ1) is 11.2. The van der Waals surface area contributed by atoms with E-state index in [1.54, 1.807) is 30.5 Å². The minimum Gasteiger partial charge on any atom is -0.398 e. The number of hydrogen-bond acceptors (Lipinski definition) is 4. The van der Waals surface area contributed by atoms with Crippen LogP contribution in [0.25, 0.3) is 0 Å². The van der Waals surface area contributed by atoms with Gasteiger partial charge in [0, 0.05) is 24.5 Å². The number of nitrogens with one attached hydrogen (secondary N) is 1. The van der Waals surface area contributed by atoms with E-state index >= 15 is 0 Å². The molecular formula is C18H22N4O. The van der Waals surface area contributed by atoms with Gasteiger partial charge in [0.1, 0.15) is 0 Å². The summed E-state index contributed by atoms with van der Waals surface area (Å²) >= 11 is 0. The first kappa shape index (κ1) is 16.5. The lowest BCUT2D eigenvalue weighted by Gasteiger charge is -2.20. The van der Waals surface area contributed by atoms with Crippen molar-refractivity contribution in [1.29, 1.82) is 0 Å². The minimum atomic E-state index is -0.320. The molecule has 0 radical (unpaired) electrons. The van der Waals surface area contributed by atoms with E-state index in [9.17, 15) is 4.79 Å². The molecule has 23 heavy (non-hydrogen) atoms. The summed E-state index contributed by atoms with van der Waals surface area (Å²) < 4.78 is 0. The van der Waals surface area contributed by atoms with E-state index < -0.39 is 0 Å². The van der Waals surface area contributed by atoms with Crippen molar-refractivity contribution in [3.63, 3.8) is 0 Å². The number of hydrazone groups is 1. The monoisotopic (exact) mass is 310 g/mol. The third-order valence-electron chi connectivity index (χ3n) is 3.61. The third kappa shape index (κ3) is 4.32. The molecule has 0 aromatic heterocycles. The number of nitrogen functional groups attached to an aromatic ring is 1. The van der Waals surface area contributed by atoms with Gasteiger partial charge in [0.25, 0.3) is 5.91 Å². The smallest absolute Gasteiger partial charge is 0.273 e. The maximum absolute atomic E-state index is 12.0. The quantitative estimate of drug-likeness (QED) is 0.489. The van der Waals surface area contributed by atoms with Gasteiger partial charge in [-0.05, 0) is 43.7 Å². The van der Waals surface area contributed by atoms with Crippen LogP contribution in [-0.2, 0) is 0 Å². The zero-order valence-electron chi connectivity index (χ0n) is 13.5. The van der Waals surface area contributed by atoms with Crippen molar-refractivity contribution < 1.29 is 4.79 Å². The summed E-state index contributed by atoms with van der Waals surface area (Å²) in [6.07, 6.45) is 1.61. The summed E-state index contributed by atoms with van der Waals surface area (Å²) in [7, 11) is 0. The van der Waals surface area contributed by atoms with Gasteiger partial charge in [0.05, 0.1) is 11.8 Å². The summed E-state index contributed by atoms with van der Waals surface area (Å²) in [4.78, 5) is 14.2. The molecule has 2 aromatic carbocycles. The second-order valence-electron chi connectivity index (χ2n) is 5.05. The number of para-hydroxylation sites is 1. The lowest BCUT2D eigenvalue weighted by molar-refractivity contribution is 0.0956. The van der Waals surface area contributed by atoms with E-state index in [4.69, 9.17) is 5.73 Å². The predicted octanol–water partition coefficient (Wildman–Crippen LogP) is 2.88. The molecule has 0 aliphatic heterocycles. The number of amides is 1. The minimum absolute atomic E-state index is 0.320. The SMILES string of the molecule is CCN(CC)c1ccc(/C=N\NC(=O)c2ccccc2N)cc1. The molecular weight excluding hydrogens is 288 g/mol. The van der Waals surface area contributed by atoms with Crippen LogP contribution in [-0.4, -0.2) is 25.2 Å². The Morgan fingerprint density at radius 1 is 1.13 bits per heavy atom. The number of rotatable bonds is 6. The molecule has 0 aliphatic carbocycles. The molecule has 0 fully saturated rings. The van der Waals surface area contributed by atoms with E-state index in [2.05, 4.69) is 29.3 Å². The molecule has 3 N–H and O–H groups in total. The Hall–Kier alpha value is -2.82. The fraction of sp³-hybridized carbons (Fsp3) is 0.222. The predicted molar refractivity (Wildman–Crippen MR) is 95.9 cm³/mol. The molecule has 0 heterocycles. The zero-order chi connectivity index (χ0) is 16.7. The number of nitrogens with two attached hydrogens (primary N) is 1. The number of benzene rings is 2. The standard InChI is InChI=1S/C18H22N4O/c1-3-22(4-2)15-11-9-14(10-12-15)13-20-21-18(23)16-7-5-6-8-17(16)19/h5-13H,3-4,19H2,1-2H3,(H,21,23)/b20-13-. The molecule has 120 valence electrons. The van der Waals surface area contributed by atoms with E-state index in [1.807, 2.05) is 24.3 Å². The van der Waals surface area contributed by atoms with Crippen LogP contribution in [0.15, 0.2) is 53.6 Å². The molecule has 5 nitrogen and oxygen atoms in total. The Morgan fingerprint density at radius 3 is 2.39 bits per heavy atom. The lowest BCUT2D eigenvalue weighted by Crippen LogP contribution is -2.21. The van der Waals surface area contributed by atoms with Gasteiger partial charge in [-0.15, -0.1) is 0 Å². The summed E-state index contributed by atoms with van der Waals surface area (Å²) in [5, 5.41) is 3.98. The molecule has 0 spiro atoms. The number of hydrogen-bond donors (Lipinski definition) is 2. The fourth-order valence-electron chi connectivity index (χ4n) is 2.29. The molecule has 0 aliphatic rings. The second-order valence-corrected chi connectivity index (χ2v) is 5.05. The van der Waals surface area contributed by atoms with Gasteiger partial charge in [-0.1, -0.05) is 24.3 Å². The van der Waals surface area contributed by atoms with Crippen molar-refractivity contribution >= 4 is 23.5 Å². The van der Waals surface area contributed by atoms with Crippen LogP contribution < -0.4 is 16.1 Å². The molecule has 0 unspecified atom stereocenters. The average molecular weight is 310 g/mol. The number of nitrogens with zero attached hydrogens (tertiary/aromatic N) is 2. The molecule has 2 rings (SSSR count). The van der Waals surface area contributed by atoms with Crippen molar-refractivity contribution in [3.05, 3.63) is 59.7 Å². The van der Waals surface area contributed by atoms with Crippen molar-refractivity contribution in [3.8, 4) is 0 Å². The van der Waals surface area contributed by atoms with Crippen molar-refractivity contribution in [2.24, 2.45) is 5.10 Å². The molecule has 0 saturated carbocycles. The highest BCUT2D eigenvalue weighted by atomic mass is 16.2. The van der Waals surface area contributed by atoms with Crippen LogP contribution in [0.1, 0.15) is 29.8 Å².